The highest BCUT2D eigenvalue weighted by atomic mass is 32.2. The lowest BCUT2D eigenvalue weighted by molar-refractivity contribution is 0.546. The van der Waals surface area contributed by atoms with Crippen LogP contribution in [0.4, 0.5) is 8.78 Å². The van der Waals surface area contributed by atoms with Crippen molar-refractivity contribution in [3.8, 4) is 0 Å². The van der Waals surface area contributed by atoms with Gasteiger partial charge in [0.05, 0.1) is 29.5 Å². The quantitative estimate of drug-likeness (QED) is 0.143. The number of nitrogens with zero attached hydrogens (tertiary/aromatic N) is 1. The van der Waals surface area contributed by atoms with Gasteiger partial charge in [0.25, 0.3) is 0 Å². The van der Waals surface area contributed by atoms with E-state index < -0.39 is 17.7 Å². The molecule has 6 aromatic rings. The van der Waals surface area contributed by atoms with Gasteiger partial charge in [0.2, 0.25) is 0 Å². The van der Waals surface area contributed by atoms with Gasteiger partial charge in [-0.1, -0.05) is 53.4 Å². The second kappa shape index (κ2) is 12.8. The fourth-order valence-electron chi connectivity index (χ4n) is 7.58. The Kier molecular flexibility index (Phi) is 8.68. The molecule has 0 fully saturated rings. The van der Waals surface area contributed by atoms with Gasteiger partial charge in [-0.25, -0.2) is 17.9 Å². The zero-order valence-electron chi connectivity index (χ0n) is 26.9. The Hall–Kier alpha value is -2.40. The Morgan fingerprint density at radius 2 is 1.13 bits per heavy atom. The molecule has 1 aliphatic heterocycles. The summed E-state index contributed by atoms with van der Waals surface area (Å²) in [6, 6.07) is 8.06. The molecule has 8 rings (SSSR count). The number of hydrogen-bond acceptors (Lipinski definition) is 7. The number of allylic oxidation sites excluding steroid dienone is 2. The third-order valence-electron chi connectivity index (χ3n) is 9.49. The van der Waals surface area contributed by atoms with Gasteiger partial charge in [0.15, 0.2) is 11.7 Å². The van der Waals surface area contributed by atoms with Gasteiger partial charge in [-0.3, -0.25) is 0 Å². The summed E-state index contributed by atoms with van der Waals surface area (Å²) in [6.07, 6.45) is 8.23. The molecule has 5 heterocycles. The zero-order valence-corrected chi connectivity index (χ0v) is 31.0. The van der Waals surface area contributed by atoms with Crippen LogP contribution in [0.2, 0.25) is 0 Å². The Labute approximate surface area is 294 Å². The van der Waals surface area contributed by atoms with E-state index >= 15 is 8.78 Å². The van der Waals surface area contributed by atoms with Crippen molar-refractivity contribution in [1.82, 2.24) is 4.72 Å². The number of aryl methyl sites for hydroxylation is 4. The van der Waals surface area contributed by atoms with Crippen LogP contribution in [-0.4, -0.2) is 11.8 Å². The minimum atomic E-state index is -0.795. The summed E-state index contributed by atoms with van der Waals surface area (Å²) < 4.78 is 46.6. The van der Waals surface area contributed by atoms with Crippen molar-refractivity contribution >= 4 is 115 Å². The molecule has 0 amide bonds. The topological polar surface area (TPSA) is 24.4 Å². The minimum absolute atomic E-state index is 0.302. The predicted octanol–water partition coefficient (Wildman–Crippen LogP) is 13.4. The molecule has 2 nitrogen and oxygen atoms in total. The summed E-state index contributed by atoms with van der Waals surface area (Å²) in [5, 5.41) is 9.07. The summed E-state index contributed by atoms with van der Waals surface area (Å²) in [4.78, 5) is 1.53. The maximum absolute atomic E-state index is 16.7. The summed E-state index contributed by atoms with van der Waals surface area (Å²) in [7, 11) is 0. The number of hydrogen-bond donors (Lipinski definition) is 1. The van der Waals surface area contributed by atoms with Crippen molar-refractivity contribution in [2.75, 3.05) is 0 Å². The summed E-state index contributed by atoms with van der Waals surface area (Å²) in [6.45, 7) is 8.89. The predicted molar refractivity (Wildman–Crippen MR) is 208 cm³/mol. The first-order valence-corrected chi connectivity index (χ1v) is 20.9. The van der Waals surface area contributed by atoms with Gasteiger partial charge in [-0.2, -0.15) is 0 Å². The van der Waals surface area contributed by atoms with E-state index in [9.17, 15) is 0 Å². The first-order valence-electron chi connectivity index (χ1n) is 16.7. The minimum Gasteiger partial charge on any atom is -0.231 e. The van der Waals surface area contributed by atoms with Crippen molar-refractivity contribution in [1.29, 1.82) is 0 Å². The molecule has 0 radical (unpaired) electrons. The standard InChI is InChI=1S/C38H36F2N2S5/c1-5-9-19-21(11-7-3)37-25(23-13-15-43-35(19)23)17-27(45-37)29-31(39)32(40)30(34-33(29)41-47-42-34)28-18-26-24-14-16-44-36(24)20(10-6-2)22(12-8-4)38(26)46-28/h13-18,33,41H,5-12H2,1-4H3. The van der Waals surface area contributed by atoms with Crippen LogP contribution >= 0.6 is 57.5 Å². The molecule has 0 saturated heterocycles. The lowest BCUT2D eigenvalue weighted by Gasteiger charge is -2.23. The van der Waals surface area contributed by atoms with Crippen LogP contribution in [0.25, 0.3) is 51.5 Å². The second-order valence-corrected chi connectivity index (χ2v) is 17.0. The first kappa shape index (κ1) is 31.8. The Bertz CT molecular complexity index is 2290. The largest absolute Gasteiger partial charge is 0.231 e. The third-order valence-corrected chi connectivity index (χ3v) is 14.5. The fourth-order valence-corrected chi connectivity index (χ4v) is 12.9. The third kappa shape index (κ3) is 4.94. The lowest BCUT2D eigenvalue weighted by Crippen LogP contribution is -2.33. The van der Waals surface area contributed by atoms with Crippen LogP contribution in [0.15, 0.2) is 51.1 Å². The second-order valence-electron chi connectivity index (χ2n) is 12.5. The van der Waals surface area contributed by atoms with Gasteiger partial charge in [0.1, 0.15) is 0 Å². The molecule has 242 valence electrons. The van der Waals surface area contributed by atoms with E-state index in [1.54, 1.807) is 45.3 Å². The van der Waals surface area contributed by atoms with E-state index in [1.165, 1.54) is 64.0 Å². The van der Waals surface area contributed by atoms with Gasteiger partial charge in [-0.15, -0.1) is 45.3 Å². The highest BCUT2D eigenvalue weighted by Crippen LogP contribution is 2.51. The Morgan fingerprint density at radius 3 is 1.66 bits per heavy atom. The molecule has 2 aromatic carbocycles. The molecule has 9 heteroatoms. The van der Waals surface area contributed by atoms with Crippen LogP contribution in [0.5, 0.6) is 0 Å². The smallest absolute Gasteiger partial charge is 0.169 e. The lowest BCUT2D eigenvalue weighted by atomic mass is 9.88. The van der Waals surface area contributed by atoms with Crippen LogP contribution in [-0.2, 0) is 25.7 Å². The van der Waals surface area contributed by atoms with Crippen LogP contribution in [0, 0.1) is 0 Å². The number of rotatable bonds is 10. The SMILES string of the molecule is CCCc1c(CCC)c2sc(C3=C(F)C(F)=C(c4cc5c(s4)c(CCC)c(CCC)c4sccc45)C4NSN=C34)cc2c2ccsc12. The number of benzene rings is 2. The molecule has 4 aromatic heterocycles. The van der Waals surface area contributed by atoms with Crippen LogP contribution < -0.4 is 4.72 Å². The molecule has 0 spiro atoms. The summed E-state index contributed by atoms with van der Waals surface area (Å²) in [5.41, 5.74) is 6.86. The Balaban J connectivity index is 1.34. The normalized spacial score (nSPS) is 17.0. The zero-order chi connectivity index (χ0) is 32.4. The number of fused-ring (bicyclic) bond motifs is 7. The van der Waals surface area contributed by atoms with E-state index in [0.29, 0.717) is 16.9 Å². The number of halogens is 2. The molecule has 1 unspecified atom stereocenters. The molecule has 0 bridgehead atoms. The maximum Gasteiger partial charge on any atom is 0.169 e. The number of nitrogens with one attached hydrogen (secondary N) is 1. The van der Waals surface area contributed by atoms with Crippen LogP contribution in [0.3, 0.4) is 0 Å². The van der Waals surface area contributed by atoms with Crippen molar-refractivity contribution < 1.29 is 8.78 Å². The van der Waals surface area contributed by atoms with Crippen molar-refractivity contribution in [3.63, 3.8) is 0 Å². The van der Waals surface area contributed by atoms with Crippen molar-refractivity contribution in [2.24, 2.45) is 4.40 Å². The van der Waals surface area contributed by atoms with E-state index in [0.717, 1.165) is 71.9 Å². The number of thiophene rings is 4. The van der Waals surface area contributed by atoms with Gasteiger partial charge >= 0.3 is 0 Å². The average molecular weight is 719 g/mol. The molecular weight excluding hydrogens is 683 g/mol. The highest BCUT2D eigenvalue weighted by molar-refractivity contribution is 7.96. The van der Waals surface area contributed by atoms with Gasteiger partial charge < -0.3 is 0 Å². The van der Waals surface area contributed by atoms with Crippen molar-refractivity contribution in [3.05, 3.63) is 78.7 Å². The molecule has 1 N–H and O–H groups in total. The van der Waals surface area contributed by atoms with E-state index in [4.69, 9.17) is 4.40 Å². The molecule has 1 aliphatic carbocycles. The molecule has 2 aliphatic rings. The molecule has 0 saturated carbocycles. The first-order chi connectivity index (χ1) is 23.0. The molecular formula is C38H36F2N2S5. The highest BCUT2D eigenvalue weighted by Gasteiger charge is 2.41. The summed E-state index contributed by atoms with van der Waals surface area (Å²) in [5.74, 6) is -1.56. The van der Waals surface area contributed by atoms with E-state index in [2.05, 4.69) is 67.4 Å². The summed E-state index contributed by atoms with van der Waals surface area (Å²) >= 11 is 8.00. The average Bonchev–Trinajstić information content (AvgIpc) is 3.90. The van der Waals surface area contributed by atoms with E-state index in [1.807, 2.05) is 0 Å². The van der Waals surface area contributed by atoms with E-state index in [-0.39, 0.29) is 0 Å². The monoisotopic (exact) mass is 718 g/mol. The van der Waals surface area contributed by atoms with Gasteiger partial charge in [-0.05, 0) is 83.0 Å². The van der Waals surface area contributed by atoms with Crippen LogP contribution in [0.1, 0.15) is 85.4 Å². The maximum atomic E-state index is 16.7. The van der Waals surface area contributed by atoms with Crippen molar-refractivity contribution in [2.45, 2.75) is 85.1 Å². The van der Waals surface area contributed by atoms with Gasteiger partial charge in [0, 0.05) is 55.7 Å². The molecule has 47 heavy (non-hydrogen) atoms. The Morgan fingerprint density at radius 1 is 0.638 bits per heavy atom. The fraction of sp³-hybridized carbons (Fsp3) is 0.342. The molecule has 1 atom stereocenters.